The predicted octanol–water partition coefficient (Wildman–Crippen LogP) is 1.29. The molecule has 11 heavy (non-hydrogen) atoms. The van der Waals surface area contributed by atoms with Crippen LogP contribution in [0.5, 0.6) is 0 Å². The summed E-state index contributed by atoms with van der Waals surface area (Å²) in [6, 6.07) is 0. The van der Waals surface area contributed by atoms with E-state index in [9.17, 15) is 13.2 Å². The van der Waals surface area contributed by atoms with Gasteiger partial charge < -0.3 is 0 Å². The highest BCUT2D eigenvalue weighted by molar-refractivity contribution is 4.68. The van der Waals surface area contributed by atoms with E-state index in [2.05, 4.69) is 10.1 Å². The first-order valence-corrected chi connectivity index (χ1v) is 3.46. The van der Waals surface area contributed by atoms with Crippen LogP contribution in [0.2, 0.25) is 0 Å². The van der Waals surface area contributed by atoms with E-state index in [1.807, 2.05) is 0 Å². The van der Waals surface area contributed by atoms with Crippen LogP contribution < -0.4 is 5.32 Å². The fourth-order valence-electron chi connectivity index (χ4n) is 1.04. The van der Waals surface area contributed by atoms with Gasteiger partial charge in [0.2, 0.25) is 0 Å². The molecule has 1 atom stereocenters. The lowest BCUT2D eigenvalue weighted by molar-refractivity contribution is -0.343. The second kappa shape index (κ2) is 3.40. The maximum atomic E-state index is 11.6. The van der Waals surface area contributed by atoms with Crippen molar-refractivity contribution >= 4 is 0 Å². The first-order chi connectivity index (χ1) is 5.08. The summed E-state index contributed by atoms with van der Waals surface area (Å²) in [6.07, 6.45) is -4.09. The van der Waals surface area contributed by atoms with Crippen LogP contribution in [0.25, 0.3) is 0 Å². The van der Waals surface area contributed by atoms with E-state index in [4.69, 9.17) is 0 Å². The van der Waals surface area contributed by atoms with E-state index in [1.165, 1.54) is 0 Å². The third kappa shape index (κ3) is 3.57. The second-order valence-electron chi connectivity index (χ2n) is 2.46. The van der Waals surface area contributed by atoms with Crippen LogP contribution in [-0.4, -0.2) is 25.6 Å². The Morgan fingerprint density at radius 2 is 2.09 bits per heavy atom. The maximum absolute atomic E-state index is 11.6. The molecule has 0 saturated carbocycles. The van der Waals surface area contributed by atoms with Gasteiger partial charge in [0.25, 0.3) is 0 Å². The number of ether oxygens (including phenoxy) is 1. The van der Waals surface area contributed by atoms with Crippen molar-refractivity contribution in [1.82, 2.24) is 5.32 Å². The molecule has 0 aromatic heterocycles. The monoisotopic (exact) mass is 168 g/mol. The molecule has 0 aliphatic carbocycles. The minimum Gasteiger partial charge on any atom is -0.287 e. The Labute approximate surface area is 62.7 Å². The molecule has 5 heteroatoms. The highest BCUT2D eigenvalue weighted by atomic mass is 19.4. The molecule has 1 aliphatic heterocycles. The Morgan fingerprint density at radius 3 is 2.55 bits per heavy atom. The van der Waals surface area contributed by atoms with Crippen LogP contribution >= 0.6 is 0 Å². The molecular weight excluding hydrogens is 159 g/mol. The Balaban J connectivity index is 2.24. The van der Waals surface area contributed by atoms with E-state index in [0.29, 0.717) is 19.4 Å². The normalized spacial score (nSPS) is 27.0. The van der Waals surface area contributed by atoms with Crippen LogP contribution in [0.3, 0.4) is 0 Å². The van der Waals surface area contributed by atoms with Crippen LogP contribution in [0.1, 0.15) is 12.8 Å². The lowest BCUT2D eigenvalue weighted by Crippen LogP contribution is -2.35. The van der Waals surface area contributed by atoms with Crippen molar-refractivity contribution < 1.29 is 17.9 Å². The molecule has 0 amide bonds. The van der Waals surface area contributed by atoms with E-state index in [1.54, 1.807) is 0 Å². The number of rotatable bonds is 1. The van der Waals surface area contributed by atoms with Gasteiger partial charge in [-0.05, 0) is 12.8 Å². The van der Waals surface area contributed by atoms with E-state index < -0.39 is 12.5 Å². The third-order valence-corrected chi connectivity index (χ3v) is 1.48. The molecule has 1 heterocycles. The molecule has 0 bridgehead atoms. The van der Waals surface area contributed by atoms with Gasteiger partial charge in [0.1, 0.15) is 0 Å². The number of nitrogens with zero attached hydrogens (tertiary/aromatic N) is 1. The van der Waals surface area contributed by atoms with E-state index >= 15 is 0 Å². The van der Waals surface area contributed by atoms with Crippen molar-refractivity contribution in [2.45, 2.75) is 25.3 Å². The Hall–Kier alpha value is -0.290. The quantitative estimate of drug-likeness (QED) is 0.578. The smallest absolute Gasteiger partial charge is 0.287 e. The maximum Gasteiger partial charge on any atom is 0.522 e. The molecule has 1 unspecified atom stereocenters. The number of hydrogen-bond acceptors (Lipinski definition) is 1. The van der Waals surface area contributed by atoms with Crippen molar-refractivity contribution in [3.63, 3.8) is 0 Å². The largest absolute Gasteiger partial charge is 0.522 e. The van der Waals surface area contributed by atoms with Crippen LogP contribution in [0.4, 0.5) is 13.2 Å². The minimum absolute atomic E-state index is 0.180. The van der Waals surface area contributed by atoms with Crippen molar-refractivity contribution in [2.24, 2.45) is 0 Å². The predicted molar refractivity (Wildman–Crippen MR) is 32.0 cm³/mol. The fourth-order valence-corrected chi connectivity index (χ4v) is 1.04. The van der Waals surface area contributed by atoms with Gasteiger partial charge in [0.05, 0.1) is 6.10 Å². The SMILES string of the molecule is FC(F)(F)OC1CCC[N]C1. The summed E-state index contributed by atoms with van der Waals surface area (Å²) in [6.45, 7) is 0.844. The van der Waals surface area contributed by atoms with Gasteiger partial charge in [-0.25, -0.2) is 5.32 Å². The Kier molecular flexibility index (Phi) is 2.72. The second-order valence-corrected chi connectivity index (χ2v) is 2.46. The zero-order valence-corrected chi connectivity index (χ0v) is 5.90. The van der Waals surface area contributed by atoms with Gasteiger partial charge in [-0.2, -0.15) is 0 Å². The van der Waals surface area contributed by atoms with E-state index in [-0.39, 0.29) is 6.54 Å². The van der Waals surface area contributed by atoms with Gasteiger partial charge in [-0.1, -0.05) is 0 Å². The molecule has 65 valence electrons. The lowest BCUT2D eigenvalue weighted by Gasteiger charge is -2.22. The van der Waals surface area contributed by atoms with Crippen LogP contribution in [-0.2, 0) is 4.74 Å². The van der Waals surface area contributed by atoms with Crippen LogP contribution in [0, 0.1) is 0 Å². The molecule has 1 saturated heterocycles. The summed E-state index contributed by atoms with van der Waals surface area (Å²) in [5.74, 6) is 0. The van der Waals surface area contributed by atoms with Crippen molar-refractivity contribution in [2.75, 3.05) is 13.1 Å². The zero-order valence-electron chi connectivity index (χ0n) is 5.90. The van der Waals surface area contributed by atoms with Crippen molar-refractivity contribution in [3.05, 3.63) is 0 Å². The number of piperidine rings is 1. The van der Waals surface area contributed by atoms with Crippen molar-refractivity contribution in [1.29, 1.82) is 0 Å². The summed E-state index contributed by atoms with van der Waals surface area (Å²) < 4.78 is 38.5. The van der Waals surface area contributed by atoms with Gasteiger partial charge in [-0.3, -0.25) is 4.74 Å². The fraction of sp³-hybridized carbons (Fsp3) is 1.00. The minimum atomic E-state index is -4.50. The summed E-state index contributed by atoms with van der Waals surface area (Å²) in [4.78, 5) is 0. The molecule has 1 fully saturated rings. The molecular formula is C6H9F3NO. The van der Waals surface area contributed by atoms with E-state index in [0.717, 1.165) is 0 Å². The highest BCUT2D eigenvalue weighted by Gasteiger charge is 2.34. The molecule has 2 nitrogen and oxygen atoms in total. The summed E-state index contributed by atoms with van der Waals surface area (Å²) in [5.41, 5.74) is 0. The first kappa shape index (κ1) is 8.80. The number of halogens is 3. The first-order valence-electron chi connectivity index (χ1n) is 3.46. The Morgan fingerprint density at radius 1 is 1.36 bits per heavy atom. The third-order valence-electron chi connectivity index (χ3n) is 1.48. The van der Waals surface area contributed by atoms with Gasteiger partial charge in [0, 0.05) is 13.1 Å². The molecule has 0 aromatic carbocycles. The highest BCUT2D eigenvalue weighted by Crippen LogP contribution is 2.21. The van der Waals surface area contributed by atoms with Crippen LogP contribution in [0.15, 0.2) is 0 Å². The van der Waals surface area contributed by atoms with Gasteiger partial charge in [-0.15, -0.1) is 13.2 Å². The molecule has 0 spiro atoms. The van der Waals surface area contributed by atoms with Gasteiger partial charge >= 0.3 is 6.36 Å². The van der Waals surface area contributed by atoms with Crippen molar-refractivity contribution in [3.8, 4) is 0 Å². The summed E-state index contributed by atoms with van der Waals surface area (Å²) in [7, 11) is 0. The molecule has 0 aromatic rings. The summed E-state index contributed by atoms with van der Waals surface area (Å²) in [5, 5.41) is 3.82. The average molecular weight is 168 g/mol. The Bertz CT molecular complexity index is 119. The molecule has 1 aliphatic rings. The molecule has 0 N–H and O–H groups in total. The lowest BCUT2D eigenvalue weighted by atomic mass is 10.1. The summed E-state index contributed by atoms with van der Waals surface area (Å²) >= 11 is 0. The number of hydrogen-bond donors (Lipinski definition) is 0. The topological polar surface area (TPSA) is 23.3 Å². The molecule has 1 rings (SSSR count). The average Bonchev–Trinajstić information content (AvgIpc) is 1.85. The number of alkyl halides is 3. The zero-order chi connectivity index (χ0) is 8.32. The standard InChI is InChI=1S/C6H9F3NO/c7-6(8,9)11-5-2-1-3-10-4-5/h5H,1-4H2. The molecule has 1 radical (unpaired) electrons. The van der Waals surface area contributed by atoms with Gasteiger partial charge in [0.15, 0.2) is 0 Å².